The topological polar surface area (TPSA) is 62.4 Å². The first-order chi connectivity index (χ1) is 12.6. The summed E-state index contributed by atoms with van der Waals surface area (Å²) in [5.74, 6) is -0.0443. The molecule has 26 heavy (non-hydrogen) atoms. The second-order valence-electron chi connectivity index (χ2n) is 7.25. The predicted molar refractivity (Wildman–Crippen MR) is 99.8 cm³/mol. The second kappa shape index (κ2) is 6.40. The molecule has 2 aliphatic heterocycles. The van der Waals surface area contributed by atoms with E-state index in [1.807, 2.05) is 25.1 Å². The van der Waals surface area contributed by atoms with Crippen molar-refractivity contribution in [2.24, 2.45) is 5.92 Å². The molecule has 2 atom stereocenters. The molecule has 5 heteroatoms. The molecule has 1 saturated heterocycles. The lowest BCUT2D eigenvalue weighted by Gasteiger charge is -2.40. The summed E-state index contributed by atoms with van der Waals surface area (Å²) in [6, 6.07) is 8.14. The van der Waals surface area contributed by atoms with E-state index < -0.39 is 5.54 Å². The number of H-pyrrole nitrogens is 1. The molecule has 2 aliphatic rings. The standard InChI is InChI=1S/C21H24N2O3/c1-3-14(13-24)10-15-11-21(20(25)26-2)19-16-6-4-5-7-17(16)22-18(19)8-9-23(21)12-15/h4-7,10,13,15,22H,3,8-9,11-12H2,1-2H3/b14-10+/t15-,21+/m0/s1. The van der Waals surface area contributed by atoms with Crippen molar-refractivity contribution in [1.29, 1.82) is 0 Å². The minimum atomic E-state index is -0.773. The molecule has 2 aromatic rings. The summed E-state index contributed by atoms with van der Waals surface area (Å²) in [4.78, 5) is 30.1. The molecule has 1 aromatic carbocycles. The van der Waals surface area contributed by atoms with Crippen molar-refractivity contribution >= 4 is 23.2 Å². The number of ether oxygens (including phenoxy) is 1. The van der Waals surface area contributed by atoms with Crippen LogP contribution in [0.15, 0.2) is 35.9 Å². The highest BCUT2D eigenvalue weighted by molar-refractivity contribution is 5.94. The summed E-state index contributed by atoms with van der Waals surface area (Å²) < 4.78 is 5.29. The van der Waals surface area contributed by atoms with E-state index >= 15 is 0 Å². The van der Waals surface area contributed by atoms with Gasteiger partial charge in [-0.05, 0) is 30.4 Å². The van der Waals surface area contributed by atoms with Gasteiger partial charge in [0.2, 0.25) is 0 Å². The highest BCUT2D eigenvalue weighted by Crippen LogP contribution is 2.49. The Morgan fingerprint density at radius 2 is 2.23 bits per heavy atom. The van der Waals surface area contributed by atoms with E-state index in [4.69, 9.17) is 4.74 Å². The number of carbonyl (C=O) groups is 2. The fraction of sp³-hybridized carbons (Fsp3) is 0.429. The Kier molecular flexibility index (Phi) is 4.19. The normalized spacial score (nSPS) is 25.8. The van der Waals surface area contributed by atoms with Crippen molar-refractivity contribution in [2.45, 2.75) is 31.7 Å². The number of methoxy groups -OCH3 is 1. The molecule has 136 valence electrons. The molecule has 0 radical (unpaired) electrons. The number of nitrogens with zero attached hydrogens (tertiary/aromatic N) is 1. The van der Waals surface area contributed by atoms with Crippen molar-refractivity contribution < 1.29 is 14.3 Å². The molecular weight excluding hydrogens is 328 g/mol. The fourth-order valence-electron chi connectivity index (χ4n) is 4.80. The van der Waals surface area contributed by atoms with E-state index in [0.717, 1.165) is 53.5 Å². The number of hydrogen-bond acceptors (Lipinski definition) is 4. The van der Waals surface area contributed by atoms with Gasteiger partial charge in [-0.1, -0.05) is 31.2 Å². The molecule has 1 aromatic heterocycles. The number of nitrogens with one attached hydrogen (secondary N) is 1. The smallest absolute Gasteiger partial charge is 0.331 e. The lowest BCUT2D eigenvalue weighted by atomic mass is 9.80. The van der Waals surface area contributed by atoms with Crippen molar-refractivity contribution in [2.75, 3.05) is 20.2 Å². The van der Waals surface area contributed by atoms with Gasteiger partial charge in [-0.15, -0.1) is 0 Å². The lowest BCUT2D eigenvalue weighted by Crippen LogP contribution is -2.52. The number of rotatable bonds is 4. The average Bonchev–Trinajstić information content (AvgIpc) is 3.23. The number of esters is 1. The average molecular weight is 352 g/mol. The third kappa shape index (κ3) is 2.34. The highest BCUT2D eigenvalue weighted by atomic mass is 16.5. The number of aromatic amines is 1. The first-order valence-corrected chi connectivity index (χ1v) is 9.23. The summed E-state index contributed by atoms with van der Waals surface area (Å²) in [7, 11) is 1.46. The zero-order valence-corrected chi connectivity index (χ0v) is 15.2. The van der Waals surface area contributed by atoms with Gasteiger partial charge in [0.15, 0.2) is 0 Å². The molecule has 4 rings (SSSR count). The number of para-hydroxylation sites is 1. The van der Waals surface area contributed by atoms with Gasteiger partial charge < -0.3 is 9.72 Å². The van der Waals surface area contributed by atoms with Crippen LogP contribution in [0.25, 0.3) is 10.9 Å². The van der Waals surface area contributed by atoms with Gasteiger partial charge in [0.25, 0.3) is 0 Å². The molecule has 0 aliphatic carbocycles. The lowest BCUT2D eigenvalue weighted by molar-refractivity contribution is -0.155. The Labute approximate surface area is 153 Å². The van der Waals surface area contributed by atoms with Gasteiger partial charge in [-0.3, -0.25) is 9.69 Å². The Hall–Kier alpha value is -2.40. The van der Waals surface area contributed by atoms with E-state index in [0.29, 0.717) is 12.8 Å². The van der Waals surface area contributed by atoms with Crippen LogP contribution in [-0.2, 0) is 26.3 Å². The maximum atomic E-state index is 13.1. The molecule has 5 nitrogen and oxygen atoms in total. The zero-order chi connectivity index (χ0) is 18.3. The maximum Gasteiger partial charge on any atom is 0.331 e. The summed E-state index contributed by atoms with van der Waals surface area (Å²) >= 11 is 0. The highest BCUT2D eigenvalue weighted by Gasteiger charge is 2.56. The molecule has 0 amide bonds. The van der Waals surface area contributed by atoms with Crippen LogP contribution in [0.1, 0.15) is 31.0 Å². The first-order valence-electron chi connectivity index (χ1n) is 9.23. The monoisotopic (exact) mass is 352 g/mol. The van der Waals surface area contributed by atoms with Gasteiger partial charge in [0, 0.05) is 41.7 Å². The van der Waals surface area contributed by atoms with Crippen LogP contribution in [0.2, 0.25) is 0 Å². The number of hydrogen-bond donors (Lipinski definition) is 1. The molecule has 1 N–H and O–H groups in total. The van der Waals surface area contributed by atoms with Gasteiger partial charge in [0.05, 0.1) is 7.11 Å². The van der Waals surface area contributed by atoms with Crippen LogP contribution in [-0.4, -0.2) is 42.3 Å². The van der Waals surface area contributed by atoms with Crippen LogP contribution < -0.4 is 0 Å². The van der Waals surface area contributed by atoms with Crippen LogP contribution in [0, 0.1) is 5.92 Å². The van der Waals surface area contributed by atoms with Crippen molar-refractivity contribution in [1.82, 2.24) is 9.88 Å². The van der Waals surface area contributed by atoms with Crippen LogP contribution in [0.4, 0.5) is 0 Å². The molecule has 1 fully saturated rings. The number of aldehydes is 1. The van der Waals surface area contributed by atoms with Gasteiger partial charge in [0.1, 0.15) is 11.8 Å². The molecule has 3 heterocycles. The summed E-state index contributed by atoms with van der Waals surface area (Å²) in [6.07, 6.45) is 5.21. The maximum absolute atomic E-state index is 13.1. The SMILES string of the molecule is CC/C(C=O)=C\[C@@H]1CN2CCc3[nH]c4ccccc4c3[C@@]2(C(=O)OC)C1. The second-order valence-corrected chi connectivity index (χ2v) is 7.25. The molecule has 0 saturated carbocycles. The van der Waals surface area contributed by atoms with Crippen LogP contribution in [0.3, 0.4) is 0 Å². The number of benzene rings is 1. The van der Waals surface area contributed by atoms with E-state index in [9.17, 15) is 9.59 Å². The fourth-order valence-corrected chi connectivity index (χ4v) is 4.80. The molecule has 0 spiro atoms. The van der Waals surface area contributed by atoms with Gasteiger partial charge in [-0.25, -0.2) is 4.79 Å². The minimum Gasteiger partial charge on any atom is -0.467 e. The summed E-state index contributed by atoms with van der Waals surface area (Å²) in [5, 5.41) is 1.09. The van der Waals surface area contributed by atoms with Crippen molar-refractivity contribution in [3.05, 3.63) is 47.2 Å². The number of fused-ring (bicyclic) bond motifs is 5. The largest absolute Gasteiger partial charge is 0.467 e. The quantitative estimate of drug-likeness (QED) is 0.522. The van der Waals surface area contributed by atoms with Crippen LogP contribution in [0.5, 0.6) is 0 Å². The number of allylic oxidation sites excluding steroid dienone is 1. The summed E-state index contributed by atoms with van der Waals surface area (Å²) in [5.41, 5.74) is 3.28. The third-order valence-corrected chi connectivity index (χ3v) is 5.91. The summed E-state index contributed by atoms with van der Waals surface area (Å²) in [6.45, 7) is 3.56. The first kappa shape index (κ1) is 17.0. The van der Waals surface area contributed by atoms with E-state index in [2.05, 4.69) is 22.0 Å². The van der Waals surface area contributed by atoms with Gasteiger partial charge in [-0.2, -0.15) is 0 Å². The zero-order valence-electron chi connectivity index (χ0n) is 15.2. The van der Waals surface area contributed by atoms with E-state index in [1.54, 1.807) is 0 Å². The number of carbonyl (C=O) groups excluding carboxylic acids is 2. The minimum absolute atomic E-state index is 0.161. The predicted octanol–water partition coefficient (Wildman–Crippen LogP) is 2.95. The Bertz CT molecular complexity index is 898. The third-order valence-electron chi connectivity index (χ3n) is 5.91. The molecule has 0 unspecified atom stereocenters. The number of aromatic nitrogens is 1. The Balaban J connectivity index is 1.88. The molecular formula is C21H24N2O3. The van der Waals surface area contributed by atoms with E-state index in [-0.39, 0.29) is 11.9 Å². The van der Waals surface area contributed by atoms with Crippen molar-refractivity contribution in [3.63, 3.8) is 0 Å². The van der Waals surface area contributed by atoms with Crippen molar-refractivity contribution in [3.8, 4) is 0 Å². The van der Waals surface area contributed by atoms with Crippen LogP contribution >= 0.6 is 0 Å². The Morgan fingerprint density at radius 3 is 2.96 bits per heavy atom. The molecule has 0 bridgehead atoms. The van der Waals surface area contributed by atoms with Gasteiger partial charge >= 0.3 is 5.97 Å². The van der Waals surface area contributed by atoms with E-state index in [1.165, 1.54) is 7.11 Å². The Morgan fingerprint density at radius 1 is 1.42 bits per heavy atom.